The number of para-hydroxylation sites is 1. The lowest BCUT2D eigenvalue weighted by Gasteiger charge is -2.24. The van der Waals surface area contributed by atoms with Crippen LogP contribution in [0.2, 0.25) is 0 Å². The largest absolute Gasteiger partial charge is 0.449 e. The molecular formula is C20H24N2O3. The summed E-state index contributed by atoms with van der Waals surface area (Å²) in [5.41, 5.74) is 1.96. The average Bonchev–Trinajstić information content (AvgIpc) is 2.89. The highest BCUT2D eigenvalue weighted by atomic mass is 16.5. The molecule has 5 heteroatoms. The zero-order chi connectivity index (χ0) is 17.8. The van der Waals surface area contributed by atoms with E-state index in [1.807, 2.05) is 36.1 Å². The van der Waals surface area contributed by atoms with Gasteiger partial charge in [-0.25, -0.2) is 4.79 Å². The Hall–Kier alpha value is -2.43. The van der Waals surface area contributed by atoms with Crippen molar-refractivity contribution < 1.29 is 14.3 Å². The van der Waals surface area contributed by atoms with Gasteiger partial charge in [-0.3, -0.25) is 9.78 Å². The number of carbonyl (C=O) groups is 2. The number of esters is 1. The number of aryl methyl sites for hydroxylation is 1. The Balaban J connectivity index is 1.76. The van der Waals surface area contributed by atoms with Crippen molar-refractivity contribution in [2.45, 2.75) is 45.6 Å². The third kappa shape index (κ3) is 3.98. The second-order valence-corrected chi connectivity index (χ2v) is 6.62. The van der Waals surface area contributed by atoms with Crippen molar-refractivity contribution in [1.82, 2.24) is 9.88 Å². The summed E-state index contributed by atoms with van der Waals surface area (Å²) in [5, 5.41) is 0.743. The fourth-order valence-corrected chi connectivity index (χ4v) is 3.30. The van der Waals surface area contributed by atoms with E-state index in [1.54, 1.807) is 13.0 Å². The fourth-order valence-electron chi connectivity index (χ4n) is 3.30. The summed E-state index contributed by atoms with van der Waals surface area (Å²) in [4.78, 5) is 31.5. The molecule has 1 saturated heterocycles. The van der Waals surface area contributed by atoms with Crippen LogP contribution in [0.5, 0.6) is 0 Å². The predicted molar refractivity (Wildman–Crippen MR) is 96.4 cm³/mol. The Morgan fingerprint density at radius 3 is 2.52 bits per heavy atom. The van der Waals surface area contributed by atoms with Gasteiger partial charge in [-0.15, -0.1) is 0 Å². The molecule has 0 saturated carbocycles. The van der Waals surface area contributed by atoms with Gasteiger partial charge in [0.1, 0.15) is 0 Å². The van der Waals surface area contributed by atoms with Crippen LogP contribution < -0.4 is 0 Å². The number of carbonyl (C=O) groups excluding carboxylic acids is 2. The molecule has 132 valence electrons. The number of fused-ring (bicyclic) bond motifs is 1. The number of ether oxygens (including phenoxy) is 1. The minimum absolute atomic E-state index is 0.106. The molecule has 0 spiro atoms. The van der Waals surface area contributed by atoms with Crippen molar-refractivity contribution in [2.75, 3.05) is 13.1 Å². The van der Waals surface area contributed by atoms with Crippen molar-refractivity contribution in [3.8, 4) is 0 Å². The van der Waals surface area contributed by atoms with E-state index < -0.39 is 12.1 Å². The highest BCUT2D eigenvalue weighted by molar-refractivity contribution is 6.04. The highest BCUT2D eigenvalue weighted by Crippen LogP contribution is 2.20. The topological polar surface area (TPSA) is 59.5 Å². The number of amides is 1. The van der Waals surface area contributed by atoms with Crippen molar-refractivity contribution in [3.05, 3.63) is 41.6 Å². The molecule has 1 aromatic heterocycles. The monoisotopic (exact) mass is 340 g/mol. The molecule has 1 fully saturated rings. The quantitative estimate of drug-likeness (QED) is 0.803. The first-order valence-corrected chi connectivity index (χ1v) is 8.92. The first-order valence-electron chi connectivity index (χ1n) is 8.92. The molecular weight excluding hydrogens is 316 g/mol. The maximum absolute atomic E-state index is 12.7. The number of rotatable bonds is 3. The van der Waals surface area contributed by atoms with Gasteiger partial charge < -0.3 is 9.64 Å². The van der Waals surface area contributed by atoms with Crippen molar-refractivity contribution in [1.29, 1.82) is 0 Å². The first-order chi connectivity index (χ1) is 12.1. The lowest BCUT2D eigenvalue weighted by atomic mass is 10.1. The summed E-state index contributed by atoms with van der Waals surface area (Å²) in [6, 6.07) is 9.18. The Morgan fingerprint density at radius 1 is 1.12 bits per heavy atom. The van der Waals surface area contributed by atoms with E-state index >= 15 is 0 Å². The number of likely N-dealkylation sites (tertiary alicyclic amines) is 1. The number of aromatic nitrogens is 1. The molecule has 1 amide bonds. The second-order valence-electron chi connectivity index (χ2n) is 6.62. The number of hydrogen-bond donors (Lipinski definition) is 0. The van der Waals surface area contributed by atoms with E-state index in [0.717, 1.165) is 55.4 Å². The summed E-state index contributed by atoms with van der Waals surface area (Å²) in [7, 11) is 0. The number of nitrogens with zero attached hydrogens (tertiary/aromatic N) is 2. The van der Waals surface area contributed by atoms with E-state index in [0.29, 0.717) is 5.56 Å². The van der Waals surface area contributed by atoms with Gasteiger partial charge in [0.15, 0.2) is 6.10 Å². The summed E-state index contributed by atoms with van der Waals surface area (Å²) < 4.78 is 5.50. The molecule has 0 N–H and O–H groups in total. The maximum Gasteiger partial charge on any atom is 0.339 e. The van der Waals surface area contributed by atoms with Gasteiger partial charge in [0, 0.05) is 24.2 Å². The molecule has 1 aromatic carbocycles. The van der Waals surface area contributed by atoms with E-state index in [-0.39, 0.29) is 5.91 Å². The molecule has 2 heterocycles. The summed E-state index contributed by atoms with van der Waals surface area (Å²) in [5.74, 6) is -0.581. The van der Waals surface area contributed by atoms with E-state index in [4.69, 9.17) is 4.74 Å². The van der Waals surface area contributed by atoms with Crippen LogP contribution in [-0.2, 0) is 9.53 Å². The molecule has 25 heavy (non-hydrogen) atoms. The van der Waals surface area contributed by atoms with Crippen LogP contribution in [0.4, 0.5) is 0 Å². The van der Waals surface area contributed by atoms with Crippen molar-refractivity contribution in [2.24, 2.45) is 0 Å². The van der Waals surface area contributed by atoms with Gasteiger partial charge in [0.25, 0.3) is 5.91 Å². The SMILES string of the molecule is Cc1cc(C(=O)O[C@@H](C)C(=O)N2CCCCCC2)c2ccccc2n1. The van der Waals surface area contributed by atoms with E-state index in [1.165, 1.54) is 0 Å². The highest BCUT2D eigenvalue weighted by Gasteiger charge is 2.25. The van der Waals surface area contributed by atoms with Crippen LogP contribution in [-0.4, -0.2) is 41.0 Å². The number of hydrogen-bond acceptors (Lipinski definition) is 4. The Morgan fingerprint density at radius 2 is 1.80 bits per heavy atom. The molecule has 0 bridgehead atoms. The molecule has 0 aliphatic carbocycles. The lowest BCUT2D eigenvalue weighted by molar-refractivity contribution is -0.139. The number of pyridine rings is 1. The van der Waals surface area contributed by atoms with Gasteiger partial charge in [0.05, 0.1) is 11.1 Å². The van der Waals surface area contributed by atoms with Crippen molar-refractivity contribution >= 4 is 22.8 Å². The normalized spacial score (nSPS) is 16.3. The third-order valence-electron chi connectivity index (χ3n) is 4.61. The minimum Gasteiger partial charge on any atom is -0.449 e. The maximum atomic E-state index is 12.7. The Labute approximate surface area is 148 Å². The fraction of sp³-hybridized carbons (Fsp3) is 0.450. The summed E-state index contributed by atoms with van der Waals surface area (Å²) in [6.45, 7) is 4.99. The smallest absolute Gasteiger partial charge is 0.339 e. The van der Waals surface area contributed by atoms with Crippen LogP contribution in [0.15, 0.2) is 30.3 Å². The zero-order valence-corrected chi connectivity index (χ0v) is 14.8. The molecule has 1 atom stereocenters. The summed E-state index contributed by atoms with van der Waals surface area (Å²) in [6.07, 6.45) is 3.56. The van der Waals surface area contributed by atoms with Gasteiger partial charge in [-0.2, -0.15) is 0 Å². The van der Waals surface area contributed by atoms with E-state index in [2.05, 4.69) is 4.98 Å². The minimum atomic E-state index is -0.780. The Bertz CT molecular complexity index is 780. The molecule has 1 aliphatic heterocycles. The van der Waals surface area contributed by atoms with E-state index in [9.17, 15) is 9.59 Å². The van der Waals surface area contributed by atoms with Crippen molar-refractivity contribution in [3.63, 3.8) is 0 Å². The van der Waals surface area contributed by atoms with Crippen LogP contribution in [0.25, 0.3) is 10.9 Å². The molecule has 5 nitrogen and oxygen atoms in total. The molecule has 0 unspecified atom stereocenters. The molecule has 3 rings (SSSR count). The second kappa shape index (κ2) is 7.64. The van der Waals surface area contributed by atoms with Gasteiger partial charge in [-0.05, 0) is 38.8 Å². The van der Waals surface area contributed by atoms with Gasteiger partial charge in [0.2, 0.25) is 0 Å². The molecule has 1 aliphatic rings. The van der Waals surface area contributed by atoms with Crippen LogP contribution in [0.3, 0.4) is 0 Å². The average molecular weight is 340 g/mol. The van der Waals surface area contributed by atoms with Gasteiger partial charge in [-0.1, -0.05) is 31.0 Å². The zero-order valence-electron chi connectivity index (χ0n) is 14.8. The van der Waals surface area contributed by atoms with Crippen LogP contribution in [0.1, 0.15) is 48.7 Å². The van der Waals surface area contributed by atoms with Crippen LogP contribution in [0, 0.1) is 6.92 Å². The number of benzene rings is 1. The lowest BCUT2D eigenvalue weighted by Crippen LogP contribution is -2.40. The molecule has 2 aromatic rings. The van der Waals surface area contributed by atoms with Crippen LogP contribution >= 0.6 is 0 Å². The summed E-state index contributed by atoms with van der Waals surface area (Å²) >= 11 is 0. The Kier molecular flexibility index (Phi) is 5.31. The molecule has 0 radical (unpaired) electrons. The standard InChI is InChI=1S/C20H24N2O3/c1-14-13-17(16-9-5-6-10-18(16)21-14)20(24)25-15(2)19(23)22-11-7-3-4-8-12-22/h5-6,9-10,13,15H,3-4,7-8,11-12H2,1-2H3/t15-/m0/s1. The van der Waals surface area contributed by atoms with Gasteiger partial charge >= 0.3 is 5.97 Å². The third-order valence-corrected chi connectivity index (χ3v) is 4.61. The first kappa shape index (κ1) is 17.4. The predicted octanol–water partition coefficient (Wildman–Crippen LogP) is 3.49.